The molecule has 0 spiro atoms. The fourth-order valence-electron chi connectivity index (χ4n) is 2.13. The zero-order valence-corrected chi connectivity index (χ0v) is 10.8. The molecule has 0 bridgehead atoms. The van der Waals surface area contributed by atoms with Gasteiger partial charge in [-0.1, -0.05) is 0 Å². The van der Waals surface area contributed by atoms with Gasteiger partial charge in [0.05, 0.1) is 18.1 Å². The van der Waals surface area contributed by atoms with E-state index in [4.69, 9.17) is 10.5 Å². The first-order chi connectivity index (χ1) is 8.71. The Balaban J connectivity index is 2.52. The molecule has 3 N–H and O–H groups in total. The van der Waals surface area contributed by atoms with Crippen molar-refractivity contribution in [2.24, 2.45) is 5.73 Å². The van der Waals surface area contributed by atoms with Crippen LogP contribution in [-0.2, 0) is 6.54 Å². The minimum Gasteiger partial charge on any atom is -0.497 e. The van der Waals surface area contributed by atoms with Gasteiger partial charge >= 0.3 is 0 Å². The lowest BCUT2D eigenvalue weighted by Crippen LogP contribution is -2.12. The highest BCUT2D eigenvalue weighted by Gasteiger charge is 2.16. The highest BCUT2D eigenvalue weighted by Crippen LogP contribution is 2.25. The van der Waals surface area contributed by atoms with Gasteiger partial charge in [0.15, 0.2) is 0 Å². The minimum atomic E-state index is -0.617. The summed E-state index contributed by atoms with van der Waals surface area (Å²) in [5.74, 6) is 1.44. The van der Waals surface area contributed by atoms with E-state index in [1.54, 1.807) is 7.11 Å². The van der Waals surface area contributed by atoms with E-state index in [2.05, 4.69) is 4.98 Å². The summed E-state index contributed by atoms with van der Waals surface area (Å²) in [6.45, 7) is 3.24. The van der Waals surface area contributed by atoms with E-state index in [0.717, 1.165) is 23.3 Å². The van der Waals surface area contributed by atoms with Gasteiger partial charge in [-0.2, -0.15) is 0 Å². The third-order valence-corrected chi connectivity index (χ3v) is 3.04. The summed E-state index contributed by atoms with van der Waals surface area (Å²) in [6, 6.07) is 5.73. The van der Waals surface area contributed by atoms with Crippen LogP contribution in [-0.4, -0.2) is 28.3 Å². The lowest BCUT2D eigenvalue weighted by atomic mass is 10.2. The lowest BCUT2D eigenvalue weighted by molar-refractivity contribution is 0.156. The molecular formula is C13H19N3O2. The van der Waals surface area contributed by atoms with Gasteiger partial charge < -0.3 is 20.1 Å². The molecule has 0 aliphatic heterocycles. The number of rotatable bonds is 5. The number of methoxy groups -OCH3 is 1. The zero-order chi connectivity index (χ0) is 13.1. The Morgan fingerprint density at radius 2 is 2.28 bits per heavy atom. The number of nitrogens with two attached hydrogens (primary N) is 1. The molecule has 0 radical (unpaired) electrons. The molecule has 0 aliphatic carbocycles. The summed E-state index contributed by atoms with van der Waals surface area (Å²) < 4.78 is 7.19. The average molecular weight is 249 g/mol. The Kier molecular flexibility index (Phi) is 3.84. The second-order valence-electron chi connectivity index (χ2n) is 4.16. The van der Waals surface area contributed by atoms with Crippen LogP contribution in [0.2, 0.25) is 0 Å². The van der Waals surface area contributed by atoms with Crippen molar-refractivity contribution in [1.82, 2.24) is 9.55 Å². The van der Waals surface area contributed by atoms with Crippen LogP contribution in [0.25, 0.3) is 11.0 Å². The third-order valence-electron chi connectivity index (χ3n) is 3.04. The van der Waals surface area contributed by atoms with Crippen LogP contribution in [0.5, 0.6) is 5.75 Å². The summed E-state index contributed by atoms with van der Waals surface area (Å²) >= 11 is 0. The molecule has 5 nitrogen and oxygen atoms in total. The van der Waals surface area contributed by atoms with Crippen molar-refractivity contribution < 1.29 is 9.84 Å². The van der Waals surface area contributed by atoms with Crippen LogP contribution in [0.4, 0.5) is 0 Å². The van der Waals surface area contributed by atoms with Crippen molar-refractivity contribution in [3.05, 3.63) is 24.0 Å². The first-order valence-corrected chi connectivity index (χ1v) is 6.13. The van der Waals surface area contributed by atoms with E-state index in [0.29, 0.717) is 18.8 Å². The van der Waals surface area contributed by atoms with Crippen LogP contribution in [0.1, 0.15) is 25.3 Å². The van der Waals surface area contributed by atoms with Crippen molar-refractivity contribution in [3.63, 3.8) is 0 Å². The largest absolute Gasteiger partial charge is 0.497 e. The number of imidazole rings is 1. The van der Waals surface area contributed by atoms with Gasteiger partial charge in [-0.25, -0.2) is 4.98 Å². The summed E-state index contributed by atoms with van der Waals surface area (Å²) in [5.41, 5.74) is 7.32. The zero-order valence-electron chi connectivity index (χ0n) is 10.8. The molecule has 2 rings (SSSR count). The second-order valence-corrected chi connectivity index (χ2v) is 4.16. The van der Waals surface area contributed by atoms with Crippen LogP contribution < -0.4 is 10.5 Å². The standard InChI is InChI=1S/C13H19N3O2/c1-3-16-11-5-4-9(18-2)8-10(11)15-13(16)12(17)6-7-14/h4-5,8,12,17H,3,6-7,14H2,1-2H3. The number of aliphatic hydroxyl groups excluding tert-OH is 1. The van der Waals surface area contributed by atoms with Gasteiger partial charge in [0, 0.05) is 12.6 Å². The van der Waals surface area contributed by atoms with Gasteiger partial charge in [0.1, 0.15) is 17.7 Å². The molecule has 0 saturated heterocycles. The Hall–Kier alpha value is -1.59. The Labute approximate surface area is 106 Å². The smallest absolute Gasteiger partial charge is 0.138 e. The fourth-order valence-corrected chi connectivity index (χ4v) is 2.13. The van der Waals surface area contributed by atoms with Crippen LogP contribution in [0.3, 0.4) is 0 Å². The molecule has 0 aliphatic rings. The fraction of sp³-hybridized carbons (Fsp3) is 0.462. The molecule has 0 fully saturated rings. The topological polar surface area (TPSA) is 73.3 Å². The maximum Gasteiger partial charge on any atom is 0.138 e. The lowest BCUT2D eigenvalue weighted by Gasteiger charge is -2.11. The molecule has 18 heavy (non-hydrogen) atoms. The maximum absolute atomic E-state index is 10.1. The quantitative estimate of drug-likeness (QED) is 0.841. The molecular weight excluding hydrogens is 230 g/mol. The molecule has 1 heterocycles. The first-order valence-electron chi connectivity index (χ1n) is 6.13. The van der Waals surface area contributed by atoms with Crippen molar-refractivity contribution in [2.75, 3.05) is 13.7 Å². The van der Waals surface area contributed by atoms with E-state index in [9.17, 15) is 5.11 Å². The molecule has 1 aromatic carbocycles. The van der Waals surface area contributed by atoms with Gasteiger partial charge in [-0.05, 0) is 32.0 Å². The van der Waals surface area contributed by atoms with Crippen molar-refractivity contribution in [2.45, 2.75) is 26.0 Å². The van der Waals surface area contributed by atoms with Gasteiger partial charge in [0.25, 0.3) is 0 Å². The third kappa shape index (κ3) is 2.19. The number of fused-ring (bicyclic) bond motifs is 1. The highest BCUT2D eigenvalue weighted by molar-refractivity contribution is 5.77. The van der Waals surface area contributed by atoms with E-state index < -0.39 is 6.10 Å². The van der Waals surface area contributed by atoms with Gasteiger partial charge in [0.2, 0.25) is 0 Å². The molecule has 1 aromatic heterocycles. The SMILES string of the molecule is CCn1c(C(O)CCN)nc2cc(OC)ccc21. The Morgan fingerprint density at radius 1 is 1.50 bits per heavy atom. The number of aliphatic hydroxyl groups is 1. The number of hydrogen-bond acceptors (Lipinski definition) is 4. The number of hydrogen-bond donors (Lipinski definition) is 2. The Bertz CT molecular complexity index is 536. The first kappa shape index (κ1) is 12.9. The number of nitrogens with zero attached hydrogens (tertiary/aromatic N) is 2. The summed E-state index contributed by atoms with van der Waals surface area (Å²) in [5, 5.41) is 10.1. The van der Waals surface area contributed by atoms with E-state index in [-0.39, 0.29) is 0 Å². The molecule has 5 heteroatoms. The molecule has 2 aromatic rings. The molecule has 1 unspecified atom stereocenters. The number of aromatic nitrogens is 2. The van der Waals surface area contributed by atoms with Crippen molar-refractivity contribution in [1.29, 1.82) is 0 Å². The number of benzene rings is 1. The average Bonchev–Trinajstić information content (AvgIpc) is 2.76. The maximum atomic E-state index is 10.1. The van der Waals surface area contributed by atoms with Gasteiger partial charge in [-0.15, -0.1) is 0 Å². The molecule has 98 valence electrons. The molecule has 0 amide bonds. The Morgan fingerprint density at radius 3 is 2.89 bits per heavy atom. The van der Waals surface area contributed by atoms with E-state index >= 15 is 0 Å². The van der Waals surface area contributed by atoms with Crippen molar-refractivity contribution in [3.8, 4) is 5.75 Å². The van der Waals surface area contributed by atoms with Crippen molar-refractivity contribution >= 4 is 11.0 Å². The number of aryl methyl sites for hydroxylation is 1. The second kappa shape index (κ2) is 5.37. The summed E-state index contributed by atoms with van der Waals surface area (Å²) in [7, 11) is 1.63. The van der Waals surface area contributed by atoms with E-state index in [1.807, 2.05) is 29.7 Å². The summed E-state index contributed by atoms with van der Waals surface area (Å²) in [6.07, 6.45) is -0.103. The predicted molar refractivity (Wildman–Crippen MR) is 70.6 cm³/mol. The van der Waals surface area contributed by atoms with Crippen LogP contribution in [0.15, 0.2) is 18.2 Å². The minimum absolute atomic E-state index is 0.442. The summed E-state index contributed by atoms with van der Waals surface area (Å²) in [4.78, 5) is 4.49. The monoisotopic (exact) mass is 249 g/mol. The van der Waals surface area contributed by atoms with E-state index in [1.165, 1.54) is 0 Å². The molecule has 1 atom stereocenters. The normalized spacial score (nSPS) is 12.9. The van der Waals surface area contributed by atoms with Crippen LogP contribution >= 0.6 is 0 Å². The predicted octanol–water partition coefficient (Wildman–Crippen LogP) is 1.45. The molecule has 0 saturated carbocycles. The number of ether oxygens (including phenoxy) is 1. The van der Waals surface area contributed by atoms with Crippen LogP contribution in [0, 0.1) is 0 Å². The van der Waals surface area contributed by atoms with Gasteiger partial charge in [-0.3, -0.25) is 0 Å². The highest BCUT2D eigenvalue weighted by atomic mass is 16.5.